The van der Waals surface area contributed by atoms with Gasteiger partial charge in [0.25, 0.3) is 0 Å². The zero-order valence-electron chi connectivity index (χ0n) is 14.0. The fraction of sp³-hybridized carbons (Fsp3) is 0.381. The van der Waals surface area contributed by atoms with Gasteiger partial charge < -0.3 is 4.90 Å². The Kier molecular flexibility index (Phi) is 3.94. The van der Waals surface area contributed by atoms with E-state index >= 15 is 0 Å². The average molecular weight is 329 g/mol. The summed E-state index contributed by atoms with van der Waals surface area (Å²) in [7, 11) is 4.01. The Bertz CT molecular complexity index is 808. The smallest absolute Gasteiger partial charge is 0.0991 e. The molecule has 0 N–H and O–H groups in total. The van der Waals surface area contributed by atoms with Crippen LogP contribution in [-0.2, 0) is 0 Å². The van der Waals surface area contributed by atoms with Crippen LogP contribution in [0.1, 0.15) is 65.9 Å². The van der Waals surface area contributed by atoms with Gasteiger partial charge >= 0.3 is 0 Å². The number of hydrogen-bond donors (Lipinski definition) is 0. The lowest BCUT2D eigenvalue weighted by molar-refractivity contribution is 0.462. The topological polar surface area (TPSA) is 27.0 Å². The molecule has 2 aliphatic rings. The van der Waals surface area contributed by atoms with Gasteiger partial charge in [0.2, 0.25) is 0 Å². The van der Waals surface area contributed by atoms with Gasteiger partial charge in [-0.15, -0.1) is 0 Å². The van der Waals surface area contributed by atoms with Gasteiger partial charge in [0.05, 0.1) is 17.7 Å². The first kappa shape index (κ1) is 15.5. The van der Waals surface area contributed by atoms with E-state index < -0.39 is 0 Å². The first-order valence-corrected chi connectivity index (χ1v) is 9.39. The molecular weight excluding hydrogens is 308 g/mol. The number of piperidine rings is 1. The van der Waals surface area contributed by atoms with E-state index in [4.69, 9.17) is 0 Å². The van der Waals surface area contributed by atoms with E-state index in [2.05, 4.69) is 64.5 Å². The number of nitrogens with zero attached hydrogens (tertiary/aromatic N) is 2. The molecule has 0 bridgehead atoms. The van der Waals surface area contributed by atoms with Gasteiger partial charge in [-0.1, -0.05) is 31.2 Å². The number of benzene rings is 2. The highest BCUT2D eigenvalue weighted by atomic mass is 28.1. The Balaban J connectivity index is 1.95. The van der Waals surface area contributed by atoms with E-state index in [0.29, 0.717) is 12.0 Å². The minimum atomic E-state index is 0.206. The fourth-order valence-corrected chi connectivity index (χ4v) is 4.77. The lowest BCUT2D eigenvalue weighted by Gasteiger charge is -2.43. The Morgan fingerprint density at radius 3 is 2.67 bits per heavy atom. The van der Waals surface area contributed by atoms with Crippen LogP contribution in [0, 0.1) is 11.3 Å². The standard InChI is InChI=1S/C21H21N2Si/c1-14-16-6-2-3-7-17(16)19-8-4-5-11-23(19)20-10-9-15(13-22)12-18(20)21(14)24/h2-3,6-7,9-10,12,14,19,21H,4-5,8,11H2,1H3/t14-,19-,21?/m0/s1. The Morgan fingerprint density at radius 2 is 1.88 bits per heavy atom. The molecule has 0 aliphatic carbocycles. The third-order valence-corrected chi connectivity index (χ3v) is 6.46. The third-order valence-electron chi connectivity index (χ3n) is 5.65. The summed E-state index contributed by atoms with van der Waals surface area (Å²) < 4.78 is 0. The number of fused-ring (bicyclic) bond motifs is 5. The van der Waals surface area contributed by atoms with Crippen LogP contribution in [0.3, 0.4) is 0 Å². The van der Waals surface area contributed by atoms with Gasteiger partial charge in [-0.25, -0.2) is 0 Å². The van der Waals surface area contributed by atoms with Crippen molar-refractivity contribution in [3.8, 4) is 6.07 Å². The summed E-state index contributed by atoms with van der Waals surface area (Å²) >= 11 is 0. The second-order valence-electron chi connectivity index (χ2n) is 6.99. The zero-order valence-corrected chi connectivity index (χ0v) is 15.0. The number of anilines is 1. The molecule has 2 aliphatic heterocycles. The van der Waals surface area contributed by atoms with Crippen LogP contribution in [0.2, 0.25) is 0 Å². The van der Waals surface area contributed by atoms with Crippen molar-refractivity contribution in [1.82, 2.24) is 0 Å². The quantitative estimate of drug-likeness (QED) is 0.660. The molecule has 1 fully saturated rings. The van der Waals surface area contributed by atoms with Gasteiger partial charge in [-0.3, -0.25) is 0 Å². The van der Waals surface area contributed by atoms with Gasteiger partial charge in [0.1, 0.15) is 0 Å². The van der Waals surface area contributed by atoms with Gasteiger partial charge in [0.15, 0.2) is 0 Å². The van der Waals surface area contributed by atoms with Gasteiger partial charge in [-0.05, 0) is 65.6 Å². The van der Waals surface area contributed by atoms with E-state index in [1.54, 1.807) is 0 Å². The predicted molar refractivity (Wildman–Crippen MR) is 98.4 cm³/mol. The first-order chi connectivity index (χ1) is 11.7. The van der Waals surface area contributed by atoms with E-state index in [-0.39, 0.29) is 5.54 Å². The fourth-order valence-electron chi connectivity index (χ4n) is 4.36. The Morgan fingerprint density at radius 1 is 1.08 bits per heavy atom. The Hall–Kier alpha value is -2.05. The molecule has 2 aromatic carbocycles. The lowest BCUT2D eigenvalue weighted by Crippen LogP contribution is -2.36. The van der Waals surface area contributed by atoms with E-state index in [1.165, 1.54) is 41.6 Å². The monoisotopic (exact) mass is 329 g/mol. The molecule has 2 heterocycles. The van der Waals surface area contributed by atoms with Crippen LogP contribution < -0.4 is 4.90 Å². The highest BCUT2D eigenvalue weighted by Gasteiger charge is 2.33. The number of rotatable bonds is 0. The van der Waals surface area contributed by atoms with Crippen LogP contribution in [0.5, 0.6) is 0 Å². The van der Waals surface area contributed by atoms with Crippen molar-refractivity contribution in [2.45, 2.75) is 43.7 Å². The Labute approximate surface area is 147 Å². The molecule has 0 aromatic heterocycles. The highest BCUT2D eigenvalue weighted by molar-refractivity contribution is 6.13. The molecule has 0 spiro atoms. The van der Waals surface area contributed by atoms with Crippen molar-refractivity contribution in [3.63, 3.8) is 0 Å². The van der Waals surface area contributed by atoms with Gasteiger partial charge in [-0.2, -0.15) is 5.26 Å². The molecule has 1 unspecified atom stereocenters. The second kappa shape index (κ2) is 6.11. The molecular formula is C21H21N2Si. The van der Waals surface area contributed by atoms with Crippen LogP contribution in [0.25, 0.3) is 0 Å². The molecule has 2 aromatic rings. The van der Waals surface area contributed by atoms with Crippen molar-refractivity contribution in [1.29, 1.82) is 5.26 Å². The largest absolute Gasteiger partial charge is 0.364 e. The summed E-state index contributed by atoms with van der Waals surface area (Å²) in [6.07, 6.45) is 3.72. The second-order valence-corrected chi connectivity index (χ2v) is 7.61. The average Bonchev–Trinajstić information content (AvgIpc) is 2.65. The summed E-state index contributed by atoms with van der Waals surface area (Å²) in [5.41, 5.74) is 6.40. The molecule has 1 saturated heterocycles. The maximum absolute atomic E-state index is 9.33. The SMILES string of the molecule is C[C@H]1c2ccccc2[C@@H]2CCCCN2c2ccc(C#N)cc2C1[Si]. The first-order valence-electron chi connectivity index (χ1n) is 8.81. The van der Waals surface area contributed by atoms with Crippen LogP contribution >= 0.6 is 0 Å². The highest BCUT2D eigenvalue weighted by Crippen LogP contribution is 2.46. The van der Waals surface area contributed by atoms with E-state index in [0.717, 1.165) is 12.1 Å². The molecule has 0 saturated carbocycles. The summed E-state index contributed by atoms with van der Waals surface area (Å²) in [4.78, 5) is 2.57. The van der Waals surface area contributed by atoms with Crippen LogP contribution in [0.15, 0.2) is 42.5 Å². The summed E-state index contributed by atoms with van der Waals surface area (Å²) in [5, 5.41) is 9.33. The third kappa shape index (κ3) is 2.37. The van der Waals surface area contributed by atoms with Gasteiger partial charge in [0, 0.05) is 22.5 Å². The molecule has 4 rings (SSSR count). The zero-order chi connectivity index (χ0) is 16.7. The number of hydrogen-bond acceptors (Lipinski definition) is 2. The van der Waals surface area contributed by atoms with Crippen molar-refractivity contribution < 1.29 is 0 Å². The van der Waals surface area contributed by atoms with Crippen molar-refractivity contribution in [2.75, 3.05) is 11.4 Å². The minimum absolute atomic E-state index is 0.206. The number of nitriles is 1. The molecule has 24 heavy (non-hydrogen) atoms. The maximum Gasteiger partial charge on any atom is 0.0991 e. The molecule has 2 nitrogen and oxygen atoms in total. The van der Waals surface area contributed by atoms with Crippen LogP contribution in [-0.4, -0.2) is 16.8 Å². The summed E-state index contributed by atoms with van der Waals surface area (Å²) in [5.74, 6) is 0.370. The molecule has 3 atom stereocenters. The molecule has 119 valence electrons. The van der Waals surface area contributed by atoms with Crippen molar-refractivity contribution in [2.24, 2.45) is 0 Å². The molecule has 0 amide bonds. The lowest BCUT2D eigenvalue weighted by atomic mass is 9.81. The summed E-state index contributed by atoms with van der Waals surface area (Å²) in [6.45, 7) is 3.38. The minimum Gasteiger partial charge on any atom is -0.364 e. The van der Waals surface area contributed by atoms with Crippen molar-refractivity contribution in [3.05, 3.63) is 64.7 Å². The van der Waals surface area contributed by atoms with Crippen LogP contribution in [0.4, 0.5) is 5.69 Å². The van der Waals surface area contributed by atoms with Crippen molar-refractivity contribution >= 4 is 15.9 Å². The van der Waals surface area contributed by atoms with E-state index in [1.807, 2.05) is 6.07 Å². The maximum atomic E-state index is 9.33. The molecule has 3 radical (unpaired) electrons. The molecule has 3 heteroatoms. The summed E-state index contributed by atoms with van der Waals surface area (Å²) in [6, 6.07) is 17.8. The van der Waals surface area contributed by atoms with E-state index in [9.17, 15) is 5.26 Å². The predicted octanol–water partition coefficient (Wildman–Crippen LogP) is 4.62. The normalized spacial score (nSPS) is 25.5.